The molecule has 0 unspecified atom stereocenters. The van der Waals surface area contributed by atoms with E-state index in [0.717, 1.165) is 84.6 Å². The predicted molar refractivity (Wildman–Crippen MR) is 121 cm³/mol. The van der Waals surface area contributed by atoms with Crippen LogP contribution in [0.1, 0.15) is 23.3 Å². The van der Waals surface area contributed by atoms with Crippen molar-refractivity contribution in [2.75, 3.05) is 44.7 Å². The molecule has 2 aliphatic heterocycles. The van der Waals surface area contributed by atoms with Crippen molar-refractivity contribution in [1.29, 1.82) is 0 Å². The zero-order chi connectivity index (χ0) is 20.3. The zero-order valence-corrected chi connectivity index (χ0v) is 18.4. The van der Waals surface area contributed by atoms with Crippen LogP contribution in [0, 0.1) is 0 Å². The van der Waals surface area contributed by atoms with Gasteiger partial charge in [0.2, 0.25) is 5.91 Å². The Morgan fingerprint density at radius 3 is 3.20 bits per heavy atom. The summed E-state index contributed by atoms with van der Waals surface area (Å²) >= 11 is 3.35. The van der Waals surface area contributed by atoms with Crippen LogP contribution in [0.15, 0.2) is 18.5 Å². The van der Waals surface area contributed by atoms with Crippen LogP contribution in [-0.4, -0.2) is 60.2 Å². The molecular weight excluding hydrogens is 418 g/mol. The molecule has 1 amide bonds. The summed E-state index contributed by atoms with van der Waals surface area (Å²) in [5.41, 5.74) is 3.34. The van der Waals surface area contributed by atoms with E-state index in [9.17, 15) is 4.79 Å². The van der Waals surface area contributed by atoms with Crippen LogP contribution in [0.4, 0.5) is 5.00 Å². The molecule has 9 heteroatoms. The molecule has 1 saturated heterocycles. The van der Waals surface area contributed by atoms with Gasteiger partial charge in [-0.15, -0.1) is 22.7 Å². The van der Waals surface area contributed by atoms with Gasteiger partial charge in [0.15, 0.2) is 0 Å². The fourth-order valence-corrected chi connectivity index (χ4v) is 6.32. The van der Waals surface area contributed by atoms with E-state index in [1.165, 1.54) is 10.4 Å². The van der Waals surface area contributed by atoms with Gasteiger partial charge < -0.3 is 20.3 Å². The molecule has 0 saturated carbocycles. The molecule has 7 nitrogen and oxygen atoms in total. The summed E-state index contributed by atoms with van der Waals surface area (Å²) in [6, 6.07) is 2.00. The van der Waals surface area contributed by atoms with Crippen LogP contribution < -0.4 is 10.6 Å². The average molecular weight is 444 g/mol. The minimum atomic E-state index is 0.0655. The Kier molecular flexibility index (Phi) is 6.05. The number of aromatic nitrogens is 2. The van der Waals surface area contributed by atoms with E-state index in [4.69, 9.17) is 9.72 Å². The lowest BCUT2D eigenvalue weighted by molar-refractivity contribution is -0.116. The zero-order valence-electron chi connectivity index (χ0n) is 16.8. The van der Waals surface area contributed by atoms with Gasteiger partial charge in [-0.2, -0.15) is 0 Å². The van der Waals surface area contributed by atoms with E-state index in [-0.39, 0.29) is 5.91 Å². The fourth-order valence-electron chi connectivity index (χ4n) is 4.01. The highest BCUT2D eigenvalue weighted by atomic mass is 32.1. The van der Waals surface area contributed by atoms with E-state index < -0.39 is 0 Å². The smallest absolute Gasteiger partial charge is 0.226 e. The standard InChI is InChI=1S/C21H25N5O2S2/c27-18(4-8-26-7-1-10-28-11-9-26)25-21-19(14-2-5-23-13-17(14)30-21)20-24-15-12-22-6-3-16(15)29-20/h3,6,12,23H,1-2,4-5,7-11,13H2,(H,25,27). The molecule has 0 radical (unpaired) electrons. The number of nitrogens with one attached hydrogen (secondary N) is 2. The largest absolute Gasteiger partial charge is 0.380 e. The van der Waals surface area contributed by atoms with E-state index >= 15 is 0 Å². The second kappa shape index (κ2) is 9.07. The number of carbonyl (C=O) groups is 1. The maximum absolute atomic E-state index is 12.8. The first-order valence-electron chi connectivity index (χ1n) is 10.4. The molecule has 158 valence electrons. The molecule has 3 aromatic rings. The average Bonchev–Trinajstić information content (AvgIpc) is 3.23. The maximum Gasteiger partial charge on any atom is 0.226 e. The molecule has 0 aliphatic carbocycles. The topological polar surface area (TPSA) is 79.4 Å². The maximum atomic E-state index is 12.8. The number of nitrogens with zero attached hydrogens (tertiary/aromatic N) is 3. The lowest BCUT2D eigenvalue weighted by Gasteiger charge is -2.18. The van der Waals surface area contributed by atoms with Gasteiger partial charge in [0, 0.05) is 55.8 Å². The van der Waals surface area contributed by atoms with Crippen LogP contribution >= 0.6 is 22.7 Å². The SMILES string of the molecule is O=C(CCN1CCCOCC1)Nc1sc2c(c1-c1nc3cnccc3s1)CCNC2. The fraction of sp³-hybridized carbons (Fsp3) is 0.476. The van der Waals surface area contributed by atoms with Crippen molar-refractivity contribution >= 4 is 43.8 Å². The number of carbonyl (C=O) groups excluding carboxylic acids is 1. The number of rotatable bonds is 5. The lowest BCUT2D eigenvalue weighted by atomic mass is 10.0. The van der Waals surface area contributed by atoms with Gasteiger partial charge >= 0.3 is 0 Å². The van der Waals surface area contributed by atoms with Crippen molar-refractivity contribution in [3.8, 4) is 10.6 Å². The summed E-state index contributed by atoms with van der Waals surface area (Å²) in [5, 5.41) is 8.55. The first-order chi connectivity index (χ1) is 14.8. The van der Waals surface area contributed by atoms with Gasteiger partial charge in [0.05, 0.1) is 17.5 Å². The molecule has 30 heavy (non-hydrogen) atoms. The molecule has 5 heterocycles. The Balaban J connectivity index is 1.37. The lowest BCUT2D eigenvalue weighted by Crippen LogP contribution is -2.30. The van der Waals surface area contributed by atoms with E-state index in [1.807, 2.05) is 6.07 Å². The van der Waals surface area contributed by atoms with Crippen molar-refractivity contribution in [2.24, 2.45) is 0 Å². The summed E-state index contributed by atoms with van der Waals surface area (Å²) in [6.07, 6.45) is 6.08. The van der Waals surface area contributed by atoms with Crippen molar-refractivity contribution in [3.05, 3.63) is 28.9 Å². The minimum Gasteiger partial charge on any atom is -0.380 e. The van der Waals surface area contributed by atoms with Crippen molar-refractivity contribution in [1.82, 2.24) is 20.2 Å². The van der Waals surface area contributed by atoms with Crippen LogP contribution in [0.5, 0.6) is 0 Å². The monoisotopic (exact) mass is 443 g/mol. The van der Waals surface area contributed by atoms with Gasteiger partial charge in [0.1, 0.15) is 15.5 Å². The number of hydrogen-bond donors (Lipinski definition) is 2. The van der Waals surface area contributed by atoms with Crippen LogP contribution in [0.3, 0.4) is 0 Å². The van der Waals surface area contributed by atoms with Crippen LogP contribution in [-0.2, 0) is 22.5 Å². The number of thiazole rings is 1. The van der Waals surface area contributed by atoms with Crippen molar-refractivity contribution in [3.63, 3.8) is 0 Å². The Morgan fingerprint density at radius 1 is 1.30 bits per heavy atom. The number of hydrogen-bond acceptors (Lipinski definition) is 8. The summed E-state index contributed by atoms with van der Waals surface area (Å²) < 4.78 is 6.63. The van der Waals surface area contributed by atoms with E-state index in [1.54, 1.807) is 35.1 Å². The first-order valence-corrected chi connectivity index (χ1v) is 12.1. The molecule has 5 rings (SSSR count). The minimum absolute atomic E-state index is 0.0655. The number of thiophene rings is 1. The third-order valence-electron chi connectivity index (χ3n) is 5.55. The highest BCUT2D eigenvalue weighted by Gasteiger charge is 2.25. The first kappa shape index (κ1) is 20.0. The molecular formula is C21H25N5O2S2. The third kappa shape index (κ3) is 4.26. The second-order valence-corrected chi connectivity index (χ2v) is 9.74. The molecule has 1 fully saturated rings. The Hall–Kier alpha value is -1.91. The Bertz CT molecular complexity index is 1010. The number of amides is 1. The predicted octanol–water partition coefficient (Wildman–Crippen LogP) is 3.12. The molecule has 2 aliphatic rings. The highest BCUT2D eigenvalue weighted by Crippen LogP contribution is 2.44. The number of fused-ring (bicyclic) bond motifs is 2. The molecule has 2 N–H and O–H groups in total. The molecule has 0 spiro atoms. The van der Waals surface area contributed by atoms with E-state index in [0.29, 0.717) is 6.42 Å². The Labute approximate surface area is 183 Å². The highest BCUT2D eigenvalue weighted by molar-refractivity contribution is 7.22. The normalized spacial score (nSPS) is 17.6. The van der Waals surface area contributed by atoms with Crippen LogP contribution in [0.2, 0.25) is 0 Å². The van der Waals surface area contributed by atoms with Crippen LogP contribution in [0.25, 0.3) is 20.8 Å². The Morgan fingerprint density at radius 2 is 2.27 bits per heavy atom. The summed E-state index contributed by atoms with van der Waals surface area (Å²) in [7, 11) is 0. The third-order valence-corrected chi connectivity index (χ3v) is 7.76. The molecule has 0 aromatic carbocycles. The number of pyridine rings is 1. The summed E-state index contributed by atoms with van der Waals surface area (Å²) in [5.74, 6) is 0.0655. The van der Waals surface area contributed by atoms with Gasteiger partial charge in [-0.1, -0.05) is 0 Å². The molecule has 0 bridgehead atoms. The summed E-state index contributed by atoms with van der Waals surface area (Å²) in [4.78, 5) is 25.4. The molecule has 3 aromatic heterocycles. The number of anilines is 1. The number of ether oxygens (including phenoxy) is 1. The van der Waals surface area contributed by atoms with Gasteiger partial charge in [-0.25, -0.2) is 4.98 Å². The molecule has 0 atom stereocenters. The van der Waals surface area contributed by atoms with Gasteiger partial charge in [0.25, 0.3) is 0 Å². The van der Waals surface area contributed by atoms with Gasteiger partial charge in [-0.3, -0.25) is 9.78 Å². The summed E-state index contributed by atoms with van der Waals surface area (Å²) in [6.45, 7) is 6.04. The second-order valence-electron chi connectivity index (χ2n) is 7.60. The van der Waals surface area contributed by atoms with Crippen molar-refractivity contribution < 1.29 is 9.53 Å². The quantitative estimate of drug-likeness (QED) is 0.631. The van der Waals surface area contributed by atoms with Gasteiger partial charge in [-0.05, 0) is 31.0 Å². The van der Waals surface area contributed by atoms with E-state index in [2.05, 4.69) is 20.5 Å². The van der Waals surface area contributed by atoms with Crippen molar-refractivity contribution in [2.45, 2.75) is 25.8 Å².